The number of carbonyl (C=O) groups is 1. The Morgan fingerprint density at radius 1 is 1.26 bits per heavy atom. The number of nitrogens with zero attached hydrogens (tertiary/aromatic N) is 3. The number of hydrogen-bond acceptors (Lipinski definition) is 5. The molecule has 2 aliphatic rings. The molecule has 0 aromatic carbocycles. The second-order valence-corrected chi connectivity index (χ2v) is 6.33. The van der Waals surface area contributed by atoms with Gasteiger partial charge in [0.2, 0.25) is 5.91 Å². The molecule has 5 nitrogen and oxygen atoms in total. The van der Waals surface area contributed by atoms with Crippen LogP contribution in [0.2, 0.25) is 0 Å². The molecule has 1 saturated heterocycles. The molecule has 2 N–H and O–H groups in total. The number of thiazole rings is 1. The number of hydrogen-bond donors (Lipinski definition) is 1. The van der Waals surface area contributed by atoms with Crippen LogP contribution in [0.3, 0.4) is 0 Å². The quantitative estimate of drug-likeness (QED) is 0.880. The van der Waals surface area contributed by atoms with Crippen molar-refractivity contribution in [1.82, 2.24) is 9.88 Å². The van der Waals surface area contributed by atoms with Crippen LogP contribution in [-0.4, -0.2) is 47.5 Å². The molecule has 1 aliphatic carbocycles. The lowest BCUT2D eigenvalue weighted by Crippen LogP contribution is -2.58. The number of carbonyl (C=O) groups excluding carboxylic acids is 1. The molecule has 0 unspecified atom stereocenters. The first-order chi connectivity index (χ1) is 9.19. The summed E-state index contributed by atoms with van der Waals surface area (Å²) in [6.07, 6.45) is 5.69. The van der Waals surface area contributed by atoms with Gasteiger partial charge in [-0.15, -0.1) is 11.3 Å². The molecule has 2 heterocycles. The molecule has 0 atom stereocenters. The molecule has 1 amide bonds. The highest BCUT2D eigenvalue weighted by atomic mass is 32.1. The Labute approximate surface area is 117 Å². The third kappa shape index (κ3) is 2.47. The van der Waals surface area contributed by atoms with E-state index >= 15 is 0 Å². The maximum Gasteiger partial charge on any atom is 0.242 e. The van der Waals surface area contributed by atoms with Gasteiger partial charge < -0.3 is 15.5 Å². The fourth-order valence-corrected chi connectivity index (χ4v) is 3.70. The van der Waals surface area contributed by atoms with Gasteiger partial charge in [0.25, 0.3) is 0 Å². The number of aromatic nitrogens is 1. The number of amides is 1. The lowest BCUT2D eigenvalue weighted by Gasteiger charge is -2.38. The minimum absolute atomic E-state index is 0.156. The zero-order valence-corrected chi connectivity index (χ0v) is 11.9. The fourth-order valence-electron chi connectivity index (χ4n) is 3.01. The molecule has 104 valence electrons. The summed E-state index contributed by atoms with van der Waals surface area (Å²) in [6.45, 7) is 3.24. The lowest BCUT2D eigenvalue weighted by molar-refractivity contribution is -0.137. The zero-order chi connectivity index (χ0) is 13.3. The standard InChI is InChI=1S/C13H20N4OS/c14-13(3-1-2-4-13)11(18)16-6-8-17(9-7-16)12-15-5-10-19-12/h5,10H,1-4,6-9,14H2. The molecular formula is C13H20N4OS. The van der Waals surface area contributed by atoms with Crippen LogP contribution in [0.4, 0.5) is 5.13 Å². The van der Waals surface area contributed by atoms with Crippen LogP contribution in [0, 0.1) is 0 Å². The molecular weight excluding hydrogens is 260 g/mol. The van der Waals surface area contributed by atoms with Gasteiger partial charge in [0, 0.05) is 37.8 Å². The van der Waals surface area contributed by atoms with Crippen LogP contribution in [0.1, 0.15) is 25.7 Å². The predicted octanol–water partition coefficient (Wildman–Crippen LogP) is 1.06. The highest BCUT2D eigenvalue weighted by Gasteiger charge is 2.40. The van der Waals surface area contributed by atoms with Gasteiger partial charge in [-0.05, 0) is 12.8 Å². The van der Waals surface area contributed by atoms with E-state index in [0.717, 1.165) is 57.0 Å². The van der Waals surface area contributed by atoms with E-state index in [4.69, 9.17) is 5.73 Å². The van der Waals surface area contributed by atoms with Crippen molar-refractivity contribution in [3.8, 4) is 0 Å². The third-order valence-corrected chi connectivity index (χ3v) is 5.01. The molecule has 2 fully saturated rings. The van der Waals surface area contributed by atoms with E-state index in [0.29, 0.717) is 0 Å². The number of piperazine rings is 1. The Morgan fingerprint density at radius 3 is 2.53 bits per heavy atom. The first-order valence-electron chi connectivity index (χ1n) is 6.92. The summed E-state index contributed by atoms with van der Waals surface area (Å²) >= 11 is 1.65. The van der Waals surface area contributed by atoms with Crippen LogP contribution in [0.5, 0.6) is 0 Å². The van der Waals surface area contributed by atoms with E-state index in [-0.39, 0.29) is 5.91 Å². The van der Waals surface area contributed by atoms with E-state index in [1.165, 1.54) is 0 Å². The van der Waals surface area contributed by atoms with Gasteiger partial charge >= 0.3 is 0 Å². The number of anilines is 1. The van der Waals surface area contributed by atoms with Crippen molar-refractivity contribution < 1.29 is 4.79 Å². The molecule has 0 spiro atoms. The van der Waals surface area contributed by atoms with Crippen molar-refractivity contribution in [2.45, 2.75) is 31.2 Å². The molecule has 0 radical (unpaired) electrons. The molecule has 6 heteroatoms. The average molecular weight is 280 g/mol. The normalized spacial score (nSPS) is 22.8. The van der Waals surface area contributed by atoms with Crippen molar-refractivity contribution in [2.75, 3.05) is 31.1 Å². The van der Waals surface area contributed by atoms with Crippen LogP contribution in [0.25, 0.3) is 0 Å². The highest BCUT2D eigenvalue weighted by molar-refractivity contribution is 7.13. The summed E-state index contributed by atoms with van der Waals surface area (Å²) in [5, 5.41) is 3.04. The SMILES string of the molecule is NC1(C(=O)N2CCN(c3nccs3)CC2)CCCC1. The Hall–Kier alpha value is -1.14. The summed E-state index contributed by atoms with van der Waals surface area (Å²) in [4.78, 5) is 21.0. The van der Waals surface area contributed by atoms with Crippen LogP contribution in [0.15, 0.2) is 11.6 Å². The minimum atomic E-state index is -0.580. The summed E-state index contributed by atoms with van der Waals surface area (Å²) in [5.41, 5.74) is 5.67. The molecule has 1 aromatic heterocycles. The van der Waals surface area contributed by atoms with Crippen LogP contribution >= 0.6 is 11.3 Å². The average Bonchev–Trinajstić information content (AvgIpc) is 3.10. The number of nitrogens with two attached hydrogens (primary N) is 1. The van der Waals surface area contributed by atoms with Gasteiger partial charge in [0.15, 0.2) is 5.13 Å². The van der Waals surface area contributed by atoms with Gasteiger partial charge in [-0.25, -0.2) is 4.98 Å². The summed E-state index contributed by atoms with van der Waals surface area (Å²) in [5.74, 6) is 0.156. The molecule has 19 heavy (non-hydrogen) atoms. The predicted molar refractivity (Wildman–Crippen MR) is 76.3 cm³/mol. The van der Waals surface area contributed by atoms with Gasteiger partial charge in [0.05, 0.1) is 5.54 Å². The molecule has 1 aromatic rings. The zero-order valence-electron chi connectivity index (χ0n) is 11.0. The third-order valence-electron chi connectivity index (χ3n) is 4.18. The van der Waals surface area contributed by atoms with Gasteiger partial charge in [-0.2, -0.15) is 0 Å². The van der Waals surface area contributed by atoms with Crippen molar-refractivity contribution in [3.05, 3.63) is 11.6 Å². The van der Waals surface area contributed by atoms with Crippen LogP contribution < -0.4 is 10.6 Å². The first-order valence-corrected chi connectivity index (χ1v) is 7.80. The highest BCUT2D eigenvalue weighted by Crippen LogP contribution is 2.29. The monoisotopic (exact) mass is 280 g/mol. The van der Waals surface area contributed by atoms with Crippen molar-refractivity contribution >= 4 is 22.4 Å². The molecule has 1 saturated carbocycles. The van der Waals surface area contributed by atoms with Crippen molar-refractivity contribution in [3.63, 3.8) is 0 Å². The Balaban J connectivity index is 1.59. The van der Waals surface area contributed by atoms with Crippen molar-refractivity contribution in [1.29, 1.82) is 0 Å². The maximum absolute atomic E-state index is 12.5. The minimum Gasteiger partial charge on any atom is -0.345 e. The van der Waals surface area contributed by atoms with E-state index < -0.39 is 5.54 Å². The van der Waals surface area contributed by atoms with Gasteiger partial charge in [-0.1, -0.05) is 12.8 Å². The molecule has 3 rings (SSSR count). The second-order valence-electron chi connectivity index (χ2n) is 5.46. The van der Waals surface area contributed by atoms with E-state index in [1.54, 1.807) is 11.3 Å². The summed E-state index contributed by atoms with van der Waals surface area (Å²) in [6, 6.07) is 0. The van der Waals surface area contributed by atoms with Gasteiger partial charge in [0.1, 0.15) is 0 Å². The van der Waals surface area contributed by atoms with E-state index in [1.807, 2.05) is 16.5 Å². The maximum atomic E-state index is 12.5. The Morgan fingerprint density at radius 2 is 1.95 bits per heavy atom. The topological polar surface area (TPSA) is 62.5 Å². The summed E-state index contributed by atoms with van der Waals surface area (Å²) < 4.78 is 0. The largest absolute Gasteiger partial charge is 0.345 e. The van der Waals surface area contributed by atoms with Crippen LogP contribution in [-0.2, 0) is 4.79 Å². The van der Waals surface area contributed by atoms with Crippen molar-refractivity contribution in [2.24, 2.45) is 5.73 Å². The number of rotatable bonds is 2. The van der Waals surface area contributed by atoms with E-state index in [9.17, 15) is 4.79 Å². The molecule has 1 aliphatic heterocycles. The second kappa shape index (κ2) is 5.09. The smallest absolute Gasteiger partial charge is 0.242 e. The lowest BCUT2D eigenvalue weighted by atomic mass is 9.97. The fraction of sp³-hybridized carbons (Fsp3) is 0.692. The van der Waals surface area contributed by atoms with E-state index in [2.05, 4.69) is 9.88 Å². The first kappa shape index (κ1) is 12.9. The Kier molecular flexibility index (Phi) is 3.45. The molecule has 0 bridgehead atoms. The van der Waals surface area contributed by atoms with Gasteiger partial charge in [-0.3, -0.25) is 4.79 Å². The Bertz CT molecular complexity index is 434. The summed E-state index contributed by atoms with van der Waals surface area (Å²) in [7, 11) is 0.